The van der Waals surface area contributed by atoms with Crippen molar-refractivity contribution in [3.63, 3.8) is 0 Å². The smallest absolute Gasteiger partial charge is 0.0261 e. The predicted molar refractivity (Wildman–Crippen MR) is 43.2 cm³/mol. The minimum atomic E-state index is 0.931. The van der Waals surface area contributed by atoms with Gasteiger partial charge < -0.3 is 4.90 Å². The predicted octanol–water partition coefficient (Wildman–Crippen LogP) is 1.66. The molecule has 0 aromatic carbocycles. The van der Waals surface area contributed by atoms with E-state index in [1.807, 2.05) is 0 Å². The standard InChI is InChI=1S/C9H14N/c1-2-3-4-7-10-8-5-6-9-10/h1-3,5-6,8-9H2. The van der Waals surface area contributed by atoms with Crippen LogP contribution in [-0.4, -0.2) is 18.0 Å². The highest BCUT2D eigenvalue weighted by Crippen LogP contribution is 2.04. The minimum Gasteiger partial charge on any atom is -0.333 e. The molecule has 1 aliphatic rings. The van der Waals surface area contributed by atoms with Gasteiger partial charge in [0.05, 0.1) is 0 Å². The summed E-state index contributed by atoms with van der Waals surface area (Å²) >= 11 is 0. The van der Waals surface area contributed by atoms with E-state index >= 15 is 0 Å². The lowest BCUT2D eigenvalue weighted by Crippen LogP contribution is -2.10. The molecule has 1 heteroatoms. The summed E-state index contributed by atoms with van der Waals surface area (Å²) in [6.07, 6.45) is 4.51. The van der Waals surface area contributed by atoms with Crippen LogP contribution in [0.4, 0.5) is 0 Å². The lowest BCUT2D eigenvalue weighted by molar-refractivity contribution is 0.495. The Labute approximate surface area is 63.4 Å². The molecule has 0 amide bonds. The van der Waals surface area contributed by atoms with Crippen LogP contribution in [0.3, 0.4) is 0 Å². The van der Waals surface area contributed by atoms with E-state index in [0.29, 0.717) is 0 Å². The van der Waals surface area contributed by atoms with Crippen molar-refractivity contribution < 1.29 is 0 Å². The van der Waals surface area contributed by atoms with Crippen molar-refractivity contribution in [2.24, 2.45) is 0 Å². The normalized spacial score (nSPS) is 16.7. The summed E-state index contributed by atoms with van der Waals surface area (Å²) in [6.45, 7) is 6.07. The van der Waals surface area contributed by atoms with Crippen molar-refractivity contribution in [1.29, 1.82) is 0 Å². The van der Waals surface area contributed by atoms with Gasteiger partial charge in [0.15, 0.2) is 0 Å². The van der Waals surface area contributed by atoms with Gasteiger partial charge in [-0.05, 0) is 19.3 Å². The van der Waals surface area contributed by atoms with E-state index in [-0.39, 0.29) is 0 Å². The van der Waals surface area contributed by atoms with Crippen LogP contribution in [0.5, 0.6) is 0 Å². The number of hydrogen-bond acceptors (Lipinski definition) is 1. The summed E-state index contributed by atoms with van der Waals surface area (Å²) in [5.74, 6) is 3.09. The first kappa shape index (κ1) is 7.47. The molecule has 1 radical (unpaired) electrons. The number of hydrogen-bond donors (Lipinski definition) is 0. The maximum absolute atomic E-state index is 3.73. The van der Waals surface area contributed by atoms with Crippen molar-refractivity contribution in [2.75, 3.05) is 13.1 Å². The number of nitrogens with zero attached hydrogens (tertiary/aromatic N) is 1. The molecule has 1 heterocycles. The molecule has 0 aromatic heterocycles. The van der Waals surface area contributed by atoms with E-state index in [2.05, 4.69) is 23.8 Å². The molecule has 1 saturated heterocycles. The fourth-order valence-electron chi connectivity index (χ4n) is 1.09. The molecule has 0 atom stereocenters. The first-order valence-electron chi connectivity index (χ1n) is 3.96. The highest BCUT2D eigenvalue weighted by atomic mass is 15.1. The molecule has 0 bridgehead atoms. The number of rotatable bonds is 1. The summed E-state index contributed by atoms with van der Waals surface area (Å²) in [5, 5.41) is 0. The fourth-order valence-corrected chi connectivity index (χ4v) is 1.09. The zero-order valence-corrected chi connectivity index (χ0v) is 6.40. The van der Waals surface area contributed by atoms with Gasteiger partial charge in [0.2, 0.25) is 0 Å². The van der Waals surface area contributed by atoms with E-state index in [9.17, 15) is 0 Å². The third kappa shape index (κ3) is 2.31. The van der Waals surface area contributed by atoms with Crippen LogP contribution < -0.4 is 0 Å². The molecule has 0 aromatic rings. The summed E-state index contributed by atoms with van der Waals surface area (Å²) < 4.78 is 0. The Balaban J connectivity index is 2.17. The summed E-state index contributed by atoms with van der Waals surface area (Å²) in [6, 6.07) is 3.13. The summed E-state index contributed by atoms with van der Waals surface area (Å²) in [5.41, 5.74) is 0. The van der Waals surface area contributed by atoms with Gasteiger partial charge in [-0.1, -0.05) is 12.8 Å². The topological polar surface area (TPSA) is 3.24 Å². The Bertz CT molecular complexity index is 135. The molecular formula is C9H14N. The number of likely N-dealkylation sites (tertiary alicyclic amines) is 1. The van der Waals surface area contributed by atoms with Gasteiger partial charge in [0.1, 0.15) is 0 Å². The molecule has 1 rings (SSSR count). The second kappa shape index (κ2) is 4.22. The van der Waals surface area contributed by atoms with Crippen molar-refractivity contribution in [3.8, 4) is 12.0 Å². The first-order chi connectivity index (χ1) is 4.93. The zero-order valence-electron chi connectivity index (χ0n) is 6.40. The van der Waals surface area contributed by atoms with Gasteiger partial charge in [0.25, 0.3) is 0 Å². The van der Waals surface area contributed by atoms with Crippen molar-refractivity contribution in [1.82, 2.24) is 4.90 Å². The molecule has 1 fully saturated rings. The van der Waals surface area contributed by atoms with E-state index in [4.69, 9.17) is 0 Å². The van der Waals surface area contributed by atoms with Crippen LogP contribution in [-0.2, 0) is 0 Å². The van der Waals surface area contributed by atoms with Crippen molar-refractivity contribution in [2.45, 2.75) is 25.7 Å². The monoisotopic (exact) mass is 136 g/mol. The summed E-state index contributed by atoms with van der Waals surface area (Å²) in [4.78, 5) is 2.20. The summed E-state index contributed by atoms with van der Waals surface area (Å²) in [7, 11) is 0. The van der Waals surface area contributed by atoms with E-state index < -0.39 is 0 Å². The van der Waals surface area contributed by atoms with E-state index in [1.165, 1.54) is 25.9 Å². The third-order valence-corrected chi connectivity index (χ3v) is 1.65. The second-order valence-electron chi connectivity index (χ2n) is 2.59. The van der Waals surface area contributed by atoms with Crippen LogP contribution in [0.25, 0.3) is 0 Å². The SMILES string of the molecule is [CH2]CCC#CN1CCCC1. The molecule has 55 valence electrons. The average molecular weight is 136 g/mol. The van der Waals surface area contributed by atoms with Crippen LogP contribution in [0.1, 0.15) is 25.7 Å². The Kier molecular flexibility index (Phi) is 3.15. The Hall–Kier alpha value is -0.640. The Morgan fingerprint density at radius 2 is 2.00 bits per heavy atom. The molecule has 0 unspecified atom stereocenters. The van der Waals surface area contributed by atoms with Crippen molar-refractivity contribution >= 4 is 0 Å². The molecule has 0 N–H and O–H groups in total. The third-order valence-electron chi connectivity index (χ3n) is 1.65. The van der Waals surface area contributed by atoms with Gasteiger partial charge in [-0.2, -0.15) is 0 Å². The quantitative estimate of drug-likeness (QED) is 0.495. The minimum absolute atomic E-state index is 0.931. The first-order valence-corrected chi connectivity index (χ1v) is 3.96. The van der Waals surface area contributed by atoms with Gasteiger partial charge in [-0.15, -0.1) is 0 Å². The van der Waals surface area contributed by atoms with Gasteiger partial charge in [-0.25, -0.2) is 0 Å². The molecule has 10 heavy (non-hydrogen) atoms. The maximum Gasteiger partial charge on any atom is 0.0261 e. The largest absolute Gasteiger partial charge is 0.333 e. The highest BCUT2D eigenvalue weighted by Gasteiger charge is 2.05. The van der Waals surface area contributed by atoms with Gasteiger partial charge in [0, 0.05) is 25.6 Å². The average Bonchev–Trinajstić information content (AvgIpc) is 2.41. The zero-order chi connectivity index (χ0) is 7.23. The fraction of sp³-hybridized carbons (Fsp3) is 0.667. The van der Waals surface area contributed by atoms with Gasteiger partial charge >= 0.3 is 0 Å². The van der Waals surface area contributed by atoms with Crippen LogP contribution in [0, 0.1) is 18.9 Å². The Morgan fingerprint density at radius 1 is 1.30 bits per heavy atom. The van der Waals surface area contributed by atoms with Crippen LogP contribution >= 0.6 is 0 Å². The highest BCUT2D eigenvalue weighted by molar-refractivity contribution is 4.99. The van der Waals surface area contributed by atoms with Gasteiger partial charge in [-0.3, -0.25) is 0 Å². The molecule has 0 aliphatic carbocycles. The van der Waals surface area contributed by atoms with E-state index in [0.717, 1.165) is 12.8 Å². The molecule has 0 spiro atoms. The molecule has 0 saturated carbocycles. The molecular weight excluding hydrogens is 122 g/mol. The van der Waals surface area contributed by atoms with Crippen LogP contribution in [0.15, 0.2) is 0 Å². The van der Waals surface area contributed by atoms with Crippen molar-refractivity contribution in [3.05, 3.63) is 6.92 Å². The Morgan fingerprint density at radius 3 is 2.60 bits per heavy atom. The maximum atomic E-state index is 3.73. The second-order valence-corrected chi connectivity index (χ2v) is 2.59. The van der Waals surface area contributed by atoms with Crippen LogP contribution in [0.2, 0.25) is 0 Å². The molecule has 1 nitrogen and oxygen atoms in total. The lowest BCUT2D eigenvalue weighted by Gasteiger charge is -2.04. The number of unbranched alkanes of at least 4 members (excludes halogenated alkanes) is 1. The lowest BCUT2D eigenvalue weighted by atomic mass is 10.3. The van der Waals surface area contributed by atoms with E-state index in [1.54, 1.807) is 0 Å². The molecule has 1 aliphatic heterocycles.